The summed E-state index contributed by atoms with van der Waals surface area (Å²) in [6.07, 6.45) is 0. The number of ether oxygens (including phenoxy) is 1. The quantitative estimate of drug-likeness (QED) is 0.648. The maximum Gasteiger partial charge on any atom is 0.289 e. The predicted molar refractivity (Wildman–Crippen MR) is 110 cm³/mol. The minimum atomic E-state index is -0.0939. The standard InChI is InChI=1S/C22H21ClN2O3/c1-27-17-6-4-5-16(15-17)24-11-13-25(14-12-24)22(26)21-10-9-20(28-21)18-7-2-3-8-19(18)23/h2-10,15H,11-14H2,1H3. The summed E-state index contributed by atoms with van der Waals surface area (Å²) in [6, 6.07) is 18.9. The summed E-state index contributed by atoms with van der Waals surface area (Å²) >= 11 is 6.22. The van der Waals surface area contributed by atoms with Crippen molar-refractivity contribution in [3.8, 4) is 17.1 Å². The Kier molecular flexibility index (Phi) is 5.26. The molecule has 0 saturated carbocycles. The number of anilines is 1. The molecule has 0 radical (unpaired) electrons. The van der Waals surface area contributed by atoms with E-state index >= 15 is 0 Å². The van der Waals surface area contributed by atoms with Crippen LogP contribution in [0.5, 0.6) is 5.75 Å². The number of halogens is 1. The second-order valence-corrected chi connectivity index (χ2v) is 7.03. The smallest absolute Gasteiger partial charge is 0.289 e. The summed E-state index contributed by atoms with van der Waals surface area (Å²) < 4.78 is 11.1. The molecule has 0 spiro atoms. The summed E-state index contributed by atoms with van der Waals surface area (Å²) in [4.78, 5) is 16.9. The Labute approximate surface area is 169 Å². The van der Waals surface area contributed by atoms with Crippen LogP contribution in [0.1, 0.15) is 10.6 Å². The highest BCUT2D eigenvalue weighted by Gasteiger charge is 2.25. The molecule has 1 aliphatic rings. The van der Waals surface area contributed by atoms with Crippen molar-refractivity contribution < 1.29 is 13.9 Å². The van der Waals surface area contributed by atoms with Gasteiger partial charge in [-0.05, 0) is 36.4 Å². The van der Waals surface area contributed by atoms with E-state index in [1.54, 1.807) is 25.3 Å². The van der Waals surface area contributed by atoms with Gasteiger partial charge in [0.25, 0.3) is 5.91 Å². The lowest BCUT2D eigenvalue weighted by Gasteiger charge is -2.35. The molecule has 28 heavy (non-hydrogen) atoms. The second kappa shape index (κ2) is 7.98. The van der Waals surface area contributed by atoms with Gasteiger partial charge in [0.15, 0.2) is 5.76 Å². The number of methoxy groups -OCH3 is 1. The summed E-state index contributed by atoms with van der Waals surface area (Å²) in [6.45, 7) is 2.80. The van der Waals surface area contributed by atoms with E-state index in [1.807, 2.05) is 41.3 Å². The molecule has 1 aliphatic heterocycles. The first-order valence-electron chi connectivity index (χ1n) is 9.19. The van der Waals surface area contributed by atoms with Gasteiger partial charge in [-0.2, -0.15) is 0 Å². The Morgan fingerprint density at radius 3 is 2.54 bits per heavy atom. The van der Waals surface area contributed by atoms with E-state index in [1.165, 1.54) is 0 Å². The third-order valence-corrected chi connectivity index (χ3v) is 5.27. The molecule has 6 heteroatoms. The van der Waals surface area contributed by atoms with Crippen LogP contribution in [0.25, 0.3) is 11.3 Å². The number of hydrogen-bond donors (Lipinski definition) is 0. The molecule has 0 unspecified atom stereocenters. The lowest BCUT2D eigenvalue weighted by Crippen LogP contribution is -2.48. The van der Waals surface area contributed by atoms with Gasteiger partial charge in [-0.15, -0.1) is 0 Å². The summed E-state index contributed by atoms with van der Waals surface area (Å²) in [5.74, 6) is 1.68. The zero-order chi connectivity index (χ0) is 19.5. The van der Waals surface area contributed by atoms with Crippen molar-refractivity contribution in [3.05, 3.63) is 71.4 Å². The molecule has 3 aromatic rings. The van der Waals surface area contributed by atoms with Gasteiger partial charge in [0.1, 0.15) is 11.5 Å². The van der Waals surface area contributed by atoms with E-state index in [2.05, 4.69) is 11.0 Å². The van der Waals surface area contributed by atoms with Gasteiger partial charge in [0.2, 0.25) is 0 Å². The van der Waals surface area contributed by atoms with Crippen LogP contribution in [0.15, 0.2) is 65.1 Å². The van der Waals surface area contributed by atoms with Gasteiger partial charge in [-0.1, -0.05) is 29.8 Å². The first-order chi connectivity index (χ1) is 13.7. The minimum absolute atomic E-state index is 0.0939. The van der Waals surface area contributed by atoms with Crippen LogP contribution in [0, 0.1) is 0 Å². The molecular weight excluding hydrogens is 376 g/mol. The molecular formula is C22H21ClN2O3. The highest BCUT2D eigenvalue weighted by atomic mass is 35.5. The maximum absolute atomic E-state index is 12.8. The van der Waals surface area contributed by atoms with Crippen molar-refractivity contribution in [1.29, 1.82) is 0 Å². The molecule has 0 aliphatic carbocycles. The van der Waals surface area contributed by atoms with E-state index in [-0.39, 0.29) is 5.91 Å². The highest BCUT2D eigenvalue weighted by molar-refractivity contribution is 6.33. The van der Waals surface area contributed by atoms with E-state index in [0.29, 0.717) is 29.6 Å². The molecule has 0 bridgehead atoms. The first kappa shape index (κ1) is 18.4. The van der Waals surface area contributed by atoms with Gasteiger partial charge >= 0.3 is 0 Å². The van der Waals surface area contributed by atoms with Crippen molar-refractivity contribution in [1.82, 2.24) is 4.90 Å². The lowest BCUT2D eigenvalue weighted by molar-refractivity contribution is 0.0715. The summed E-state index contributed by atoms with van der Waals surface area (Å²) in [5.41, 5.74) is 1.89. The average molecular weight is 397 g/mol. The van der Waals surface area contributed by atoms with Gasteiger partial charge in [-0.3, -0.25) is 4.79 Å². The summed E-state index contributed by atoms with van der Waals surface area (Å²) in [5, 5.41) is 0.600. The Bertz CT molecular complexity index is 977. The number of furan rings is 1. The zero-order valence-electron chi connectivity index (χ0n) is 15.6. The molecule has 1 aromatic heterocycles. The number of amides is 1. The van der Waals surface area contributed by atoms with Crippen LogP contribution in [0.4, 0.5) is 5.69 Å². The molecule has 1 fully saturated rings. The van der Waals surface area contributed by atoms with Crippen LogP contribution < -0.4 is 9.64 Å². The van der Waals surface area contributed by atoms with Crippen molar-refractivity contribution >= 4 is 23.2 Å². The van der Waals surface area contributed by atoms with Crippen LogP contribution in [-0.2, 0) is 0 Å². The number of rotatable bonds is 4. The average Bonchev–Trinajstić information content (AvgIpc) is 3.24. The highest BCUT2D eigenvalue weighted by Crippen LogP contribution is 2.29. The summed E-state index contributed by atoms with van der Waals surface area (Å²) in [7, 11) is 1.66. The number of carbonyl (C=O) groups is 1. The minimum Gasteiger partial charge on any atom is -0.497 e. The third kappa shape index (κ3) is 3.71. The molecule has 0 N–H and O–H groups in total. The van der Waals surface area contributed by atoms with Crippen molar-refractivity contribution in [2.45, 2.75) is 0 Å². The fourth-order valence-electron chi connectivity index (χ4n) is 3.39. The number of piperazine rings is 1. The third-order valence-electron chi connectivity index (χ3n) is 4.94. The lowest BCUT2D eigenvalue weighted by atomic mass is 10.2. The SMILES string of the molecule is COc1cccc(N2CCN(C(=O)c3ccc(-c4ccccc4Cl)o3)CC2)c1. The number of hydrogen-bond acceptors (Lipinski definition) is 4. The Balaban J connectivity index is 1.42. The molecule has 5 nitrogen and oxygen atoms in total. The van der Waals surface area contributed by atoms with E-state index < -0.39 is 0 Å². The molecule has 2 aromatic carbocycles. The fraction of sp³-hybridized carbons (Fsp3) is 0.227. The molecule has 2 heterocycles. The molecule has 4 rings (SSSR count). The van der Waals surface area contributed by atoms with E-state index in [4.69, 9.17) is 20.8 Å². The van der Waals surface area contributed by atoms with Gasteiger partial charge < -0.3 is 19.0 Å². The van der Waals surface area contributed by atoms with Gasteiger partial charge in [0, 0.05) is 43.5 Å². The maximum atomic E-state index is 12.8. The van der Waals surface area contributed by atoms with E-state index in [9.17, 15) is 4.79 Å². The van der Waals surface area contributed by atoms with Gasteiger partial charge in [0.05, 0.1) is 12.1 Å². The van der Waals surface area contributed by atoms with E-state index in [0.717, 1.165) is 30.1 Å². The van der Waals surface area contributed by atoms with Crippen LogP contribution in [-0.4, -0.2) is 44.1 Å². The van der Waals surface area contributed by atoms with Gasteiger partial charge in [-0.25, -0.2) is 0 Å². The number of nitrogens with zero attached hydrogens (tertiary/aromatic N) is 2. The molecule has 144 valence electrons. The van der Waals surface area contributed by atoms with Crippen LogP contribution in [0.3, 0.4) is 0 Å². The molecule has 1 saturated heterocycles. The van der Waals surface area contributed by atoms with Crippen molar-refractivity contribution in [2.75, 3.05) is 38.2 Å². The Hall–Kier alpha value is -2.92. The largest absolute Gasteiger partial charge is 0.497 e. The Morgan fingerprint density at radius 2 is 1.79 bits per heavy atom. The van der Waals surface area contributed by atoms with Crippen LogP contribution >= 0.6 is 11.6 Å². The number of benzene rings is 2. The van der Waals surface area contributed by atoms with Crippen molar-refractivity contribution in [3.63, 3.8) is 0 Å². The predicted octanol–water partition coefficient (Wildman–Crippen LogP) is 4.57. The number of carbonyl (C=O) groups excluding carboxylic acids is 1. The normalized spacial score (nSPS) is 14.2. The molecule has 1 amide bonds. The van der Waals surface area contributed by atoms with Crippen LogP contribution in [0.2, 0.25) is 5.02 Å². The fourth-order valence-corrected chi connectivity index (χ4v) is 3.62. The van der Waals surface area contributed by atoms with Crippen molar-refractivity contribution in [2.24, 2.45) is 0 Å². The zero-order valence-corrected chi connectivity index (χ0v) is 16.4. The topological polar surface area (TPSA) is 45.9 Å². The monoisotopic (exact) mass is 396 g/mol. The second-order valence-electron chi connectivity index (χ2n) is 6.62. The molecule has 0 atom stereocenters. The first-order valence-corrected chi connectivity index (χ1v) is 9.56. The Morgan fingerprint density at radius 1 is 1.00 bits per heavy atom.